The molecule has 0 bridgehead atoms. The molecule has 3 heterocycles. The summed E-state index contributed by atoms with van der Waals surface area (Å²) >= 11 is 1.05. The van der Waals surface area contributed by atoms with Gasteiger partial charge in [0.2, 0.25) is 0 Å². The van der Waals surface area contributed by atoms with Crippen LogP contribution in [0.3, 0.4) is 0 Å². The van der Waals surface area contributed by atoms with Gasteiger partial charge in [-0.1, -0.05) is 17.4 Å². The topological polar surface area (TPSA) is 63.9 Å². The first-order valence-electron chi connectivity index (χ1n) is 8.55. The molecular formula is C19H15F2N5OS. The number of benzene rings is 1. The molecule has 0 aliphatic rings. The van der Waals surface area contributed by atoms with Crippen molar-refractivity contribution < 1.29 is 13.6 Å². The van der Waals surface area contributed by atoms with E-state index in [0.29, 0.717) is 11.2 Å². The molecule has 0 atom stereocenters. The van der Waals surface area contributed by atoms with Gasteiger partial charge in [-0.05, 0) is 30.7 Å². The molecule has 1 amide bonds. The standard InChI is InChI=1S/C19H15F2N5OS/c1-2-25-7-5-15(24-25)18(27)26(11-12-4-3-6-22-10-12)19-23-17-14(21)8-13(20)9-16(17)28-19/h3-10H,2,11H2,1H3. The largest absolute Gasteiger partial charge is 0.280 e. The number of pyridine rings is 1. The number of nitrogens with zero attached hydrogens (tertiary/aromatic N) is 5. The SMILES string of the molecule is CCn1ccc(C(=O)N(Cc2cccnc2)c2nc3c(F)cc(F)cc3s2)n1. The van der Waals surface area contributed by atoms with Gasteiger partial charge in [-0.2, -0.15) is 5.10 Å². The van der Waals surface area contributed by atoms with Crippen LogP contribution in [0.25, 0.3) is 10.2 Å². The lowest BCUT2D eigenvalue weighted by atomic mass is 10.2. The molecule has 0 spiro atoms. The molecular weight excluding hydrogens is 384 g/mol. The third-order valence-corrected chi connectivity index (χ3v) is 5.15. The lowest BCUT2D eigenvalue weighted by molar-refractivity contribution is 0.0979. The molecule has 0 saturated carbocycles. The Balaban J connectivity index is 1.78. The second-order valence-electron chi connectivity index (χ2n) is 6.04. The lowest BCUT2D eigenvalue weighted by Crippen LogP contribution is -2.30. The number of aromatic nitrogens is 4. The number of carbonyl (C=O) groups excluding carboxylic acids is 1. The maximum absolute atomic E-state index is 14.1. The number of hydrogen-bond acceptors (Lipinski definition) is 5. The van der Waals surface area contributed by atoms with Gasteiger partial charge in [0.15, 0.2) is 16.6 Å². The van der Waals surface area contributed by atoms with Crippen LogP contribution in [0.2, 0.25) is 0 Å². The average molecular weight is 399 g/mol. The first kappa shape index (κ1) is 18.2. The van der Waals surface area contributed by atoms with Crippen molar-refractivity contribution in [1.82, 2.24) is 19.7 Å². The number of amides is 1. The number of aryl methyl sites for hydroxylation is 1. The zero-order valence-electron chi connectivity index (χ0n) is 14.8. The van der Waals surface area contributed by atoms with Crippen LogP contribution in [0.4, 0.5) is 13.9 Å². The number of hydrogen-bond donors (Lipinski definition) is 0. The van der Waals surface area contributed by atoms with E-state index in [1.165, 1.54) is 11.0 Å². The minimum absolute atomic E-state index is 0.0319. The van der Waals surface area contributed by atoms with E-state index in [9.17, 15) is 13.6 Å². The van der Waals surface area contributed by atoms with Gasteiger partial charge < -0.3 is 0 Å². The Morgan fingerprint density at radius 2 is 2.14 bits per heavy atom. The van der Waals surface area contributed by atoms with Gasteiger partial charge in [0.1, 0.15) is 11.3 Å². The van der Waals surface area contributed by atoms with Gasteiger partial charge in [-0.25, -0.2) is 13.8 Å². The third-order valence-electron chi connectivity index (χ3n) is 4.13. The van der Waals surface area contributed by atoms with Crippen molar-refractivity contribution in [2.45, 2.75) is 20.0 Å². The molecule has 28 heavy (non-hydrogen) atoms. The number of fused-ring (bicyclic) bond motifs is 1. The molecule has 4 rings (SSSR count). The molecule has 0 saturated heterocycles. The van der Waals surface area contributed by atoms with Crippen molar-refractivity contribution in [3.05, 3.63) is 71.8 Å². The highest BCUT2D eigenvalue weighted by Crippen LogP contribution is 2.32. The van der Waals surface area contributed by atoms with Gasteiger partial charge in [0.05, 0.1) is 11.2 Å². The number of carbonyl (C=O) groups is 1. The summed E-state index contributed by atoms with van der Waals surface area (Å²) in [6.07, 6.45) is 4.98. The summed E-state index contributed by atoms with van der Waals surface area (Å²) in [5.41, 5.74) is 1.05. The van der Waals surface area contributed by atoms with Crippen molar-refractivity contribution in [1.29, 1.82) is 0 Å². The fourth-order valence-corrected chi connectivity index (χ4v) is 3.75. The third kappa shape index (κ3) is 3.48. The molecule has 4 aromatic rings. The molecule has 0 radical (unpaired) electrons. The molecule has 0 unspecified atom stereocenters. The molecule has 0 fully saturated rings. The first-order chi connectivity index (χ1) is 13.5. The Kier molecular flexibility index (Phi) is 4.82. The lowest BCUT2D eigenvalue weighted by Gasteiger charge is -2.18. The quantitative estimate of drug-likeness (QED) is 0.508. The summed E-state index contributed by atoms with van der Waals surface area (Å²) in [5.74, 6) is -1.83. The molecule has 3 aromatic heterocycles. The zero-order chi connectivity index (χ0) is 19.7. The predicted molar refractivity (Wildman–Crippen MR) is 102 cm³/mol. The molecule has 1 aromatic carbocycles. The summed E-state index contributed by atoms with van der Waals surface area (Å²) in [6.45, 7) is 2.72. The maximum atomic E-state index is 14.1. The number of thiazole rings is 1. The monoisotopic (exact) mass is 399 g/mol. The summed E-state index contributed by atoms with van der Waals surface area (Å²) in [4.78, 5) is 22.9. The number of anilines is 1. The van der Waals surface area contributed by atoms with Gasteiger partial charge in [-0.3, -0.25) is 19.4 Å². The molecule has 0 aliphatic heterocycles. The van der Waals surface area contributed by atoms with E-state index in [-0.39, 0.29) is 28.8 Å². The van der Waals surface area contributed by atoms with Crippen molar-refractivity contribution in [3.63, 3.8) is 0 Å². The minimum Gasteiger partial charge on any atom is -0.278 e. The highest BCUT2D eigenvalue weighted by molar-refractivity contribution is 7.22. The Bertz CT molecular complexity index is 1140. The number of halogens is 2. The van der Waals surface area contributed by atoms with Crippen molar-refractivity contribution in [2.24, 2.45) is 0 Å². The fourth-order valence-electron chi connectivity index (χ4n) is 2.75. The molecule has 0 N–H and O–H groups in total. The van der Waals surface area contributed by atoms with Gasteiger partial charge in [-0.15, -0.1) is 0 Å². The van der Waals surface area contributed by atoms with E-state index in [1.54, 1.807) is 35.4 Å². The van der Waals surface area contributed by atoms with Gasteiger partial charge in [0, 0.05) is 31.2 Å². The van der Waals surface area contributed by atoms with Crippen LogP contribution in [-0.2, 0) is 13.1 Å². The second kappa shape index (κ2) is 7.43. The van der Waals surface area contributed by atoms with Crippen molar-refractivity contribution in [3.8, 4) is 0 Å². The zero-order valence-corrected chi connectivity index (χ0v) is 15.7. The van der Waals surface area contributed by atoms with Crippen LogP contribution in [0.5, 0.6) is 0 Å². The van der Waals surface area contributed by atoms with E-state index in [2.05, 4.69) is 15.1 Å². The highest BCUT2D eigenvalue weighted by Gasteiger charge is 2.24. The Labute approximate surface area is 163 Å². The smallest absolute Gasteiger partial charge is 0.278 e. The van der Waals surface area contributed by atoms with E-state index < -0.39 is 11.6 Å². The van der Waals surface area contributed by atoms with E-state index in [4.69, 9.17) is 0 Å². The summed E-state index contributed by atoms with van der Waals surface area (Å²) in [5, 5.41) is 4.52. The summed E-state index contributed by atoms with van der Waals surface area (Å²) in [7, 11) is 0. The summed E-state index contributed by atoms with van der Waals surface area (Å²) in [6, 6.07) is 7.19. The van der Waals surface area contributed by atoms with E-state index >= 15 is 0 Å². The highest BCUT2D eigenvalue weighted by atomic mass is 32.1. The van der Waals surface area contributed by atoms with E-state index in [1.807, 2.05) is 13.0 Å². The Morgan fingerprint density at radius 1 is 1.29 bits per heavy atom. The molecule has 142 valence electrons. The first-order valence-corrected chi connectivity index (χ1v) is 9.36. The maximum Gasteiger partial charge on any atom is 0.280 e. The Morgan fingerprint density at radius 3 is 2.86 bits per heavy atom. The van der Waals surface area contributed by atoms with Crippen molar-refractivity contribution >= 4 is 32.6 Å². The summed E-state index contributed by atoms with van der Waals surface area (Å²) < 4.78 is 29.6. The van der Waals surface area contributed by atoms with E-state index in [0.717, 1.165) is 23.0 Å². The van der Waals surface area contributed by atoms with Crippen LogP contribution < -0.4 is 4.90 Å². The van der Waals surface area contributed by atoms with Gasteiger partial charge in [0.25, 0.3) is 5.91 Å². The molecule has 0 aliphatic carbocycles. The van der Waals surface area contributed by atoms with Crippen LogP contribution in [0, 0.1) is 11.6 Å². The molecule has 6 nitrogen and oxygen atoms in total. The predicted octanol–water partition coefficient (Wildman–Crippen LogP) is 4.03. The van der Waals surface area contributed by atoms with Crippen LogP contribution in [0.15, 0.2) is 48.9 Å². The molecule has 9 heteroatoms. The normalized spacial score (nSPS) is 11.1. The second-order valence-corrected chi connectivity index (χ2v) is 7.05. The fraction of sp³-hybridized carbons (Fsp3) is 0.158. The van der Waals surface area contributed by atoms with Crippen LogP contribution >= 0.6 is 11.3 Å². The van der Waals surface area contributed by atoms with Crippen LogP contribution in [0.1, 0.15) is 23.0 Å². The van der Waals surface area contributed by atoms with Crippen molar-refractivity contribution in [2.75, 3.05) is 4.90 Å². The average Bonchev–Trinajstić information content (AvgIpc) is 3.33. The minimum atomic E-state index is -0.762. The number of rotatable bonds is 5. The van der Waals surface area contributed by atoms with Gasteiger partial charge >= 0.3 is 0 Å². The Hall–Kier alpha value is -3.20. The van der Waals surface area contributed by atoms with Crippen LogP contribution in [-0.4, -0.2) is 25.7 Å².